The molecule has 2 rings (SSSR count). The SMILES string of the molecule is CC(=O)c1ccn(Sc2ccc(C)cc2)c1. The van der Waals surface area contributed by atoms with Crippen LogP contribution < -0.4 is 0 Å². The van der Waals surface area contributed by atoms with Crippen molar-refractivity contribution in [2.75, 3.05) is 0 Å². The number of benzene rings is 1. The third-order valence-electron chi connectivity index (χ3n) is 2.31. The Hall–Kier alpha value is -1.48. The van der Waals surface area contributed by atoms with Gasteiger partial charge in [0.25, 0.3) is 0 Å². The first-order chi connectivity index (χ1) is 7.65. The fourth-order valence-electron chi connectivity index (χ4n) is 1.36. The van der Waals surface area contributed by atoms with Gasteiger partial charge in [-0.2, -0.15) is 0 Å². The summed E-state index contributed by atoms with van der Waals surface area (Å²) in [6.45, 7) is 3.65. The Morgan fingerprint density at radius 1 is 1.19 bits per heavy atom. The summed E-state index contributed by atoms with van der Waals surface area (Å²) in [5, 5.41) is 0. The van der Waals surface area contributed by atoms with Crippen molar-refractivity contribution in [3.63, 3.8) is 0 Å². The van der Waals surface area contributed by atoms with Crippen LogP contribution >= 0.6 is 11.9 Å². The second kappa shape index (κ2) is 4.58. The second-order valence-corrected chi connectivity index (χ2v) is 4.80. The summed E-state index contributed by atoms with van der Waals surface area (Å²) in [5.41, 5.74) is 2.00. The van der Waals surface area contributed by atoms with Crippen molar-refractivity contribution in [3.05, 3.63) is 53.9 Å². The minimum Gasteiger partial charge on any atom is -0.294 e. The van der Waals surface area contributed by atoms with E-state index in [-0.39, 0.29) is 5.78 Å². The fraction of sp³-hybridized carbons (Fsp3) is 0.154. The molecular weight excluding hydrogens is 218 g/mol. The van der Waals surface area contributed by atoms with Crippen LogP contribution in [0.1, 0.15) is 22.8 Å². The molecule has 0 radical (unpaired) electrons. The van der Waals surface area contributed by atoms with Gasteiger partial charge in [-0.05, 0) is 44.0 Å². The lowest BCUT2D eigenvalue weighted by Crippen LogP contribution is -1.88. The van der Waals surface area contributed by atoms with E-state index in [0.717, 1.165) is 10.5 Å². The van der Waals surface area contributed by atoms with Crippen molar-refractivity contribution in [1.29, 1.82) is 0 Å². The Kier molecular flexibility index (Phi) is 3.15. The molecular formula is C13H13NOS. The molecule has 0 N–H and O–H groups in total. The van der Waals surface area contributed by atoms with Gasteiger partial charge in [0, 0.05) is 22.9 Å². The highest BCUT2D eigenvalue weighted by molar-refractivity contribution is 7.97. The van der Waals surface area contributed by atoms with Crippen LogP contribution in [0.4, 0.5) is 0 Å². The first-order valence-electron chi connectivity index (χ1n) is 5.09. The molecule has 0 fully saturated rings. The van der Waals surface area contributed by atoms with Crippen LogP contribution in [0.15, 0.2) is 47.6 Å². The zero-order valence-electron chi connectivity index (χ0n) is 9.31. The maximum absolute atomic E-state index is 11.1. The zero-order chi connectivity index (χ0) is 11.5. The molecule has 0 aliphatic carbocycles. The van der Waals surface area contributed by atoms with E-state index in [1.165, 1.54) is 5.56 Å². The van der Waals surface area contributed by atoms with Crippen LogP contribution in [0.2, 0.25) is 0 Å². The molecule has 82 valence electrons. The molecule has 0 amide bonds. The number of aryl methyl sites for hydroxylation is 1. The molecule has 2 nitrogen and oxygen atoms in total. The molecule has 0 atom stereocenters. The minimum atomic E-state index is 0.100. The molecule has 3 heteroatoms. The monoisotopic (exact) mass is 231 g/mol. The number of ketones is 1. The maximum atomic E-state index is 11.1. The highest BCUT2D eigenvalue weighted by atomic mass is 32.2. The minimum absolute atomic E-state index is 0.100. The summed E-state index contributed by atoms with van der Waals surface area (Å²) in [4.78, 5) is 12.3. The van der Waals surface area contributed by atoms with Gasteiger partial charge in [0.2, 0.25) is 0 Å². The van der Waals surface area contributed by atoms with E-state index in [2.05, 4.69) is 31.2 Å². The molecule has 0 aliphatic heterocycles. The van der Waals surface area contributed by atoms with Gasteiger partial charge in [0.05, 0.1) is 0 Å². The van der Waals surface area contributed by atoms with E-state index in [9.17, 15) is 4.79 Å². The second-order valence-electron chi connectivity index (χ2n) is 3.72. The zero-order valence-corrected chi connectivity index (χ0v) is 10.1. The fourth-order valence-corrected chi connectivity index (χ4v) is 2.15. The van der Waals surface area contributed by atoms with Crippen LogP contribution in [0.5, 0.6) is 0 Å². The Balaban J connectivity index is 2.14. The average Bonchev–Trinajstić information content (AvgIpc) is 2.70. The number of carbonyl (C=O) groups is 1. The number of carbonyl (C=O) groups excluding carboxylic acids is 1. The van der Waals surface area contributed by atoms with Gasteiger partial charge in [-0.1, -0.05) is 17.7 Å². The smallest absolute Gasteiger partial charge is 0.161 e. The average molecular weight is 231 g/mol. The lowest BCUT2D eigenvalue weighted by atomic mass is 10.2. The first kappa shape index (κ1) is 11.0. The van der Waals surface area contributed by atoms with Crippen LogP contribution in [0.25, 0.3) is 0 Å². The third kappa shape index (κ3) is 2.55. The molecule has 0 bridgehead atoms. The lowest BCUT2D eigenvalue weighted by Gasteiger charge is -2.01. The van der Waals surface area contributed by atoms with Crippen molar-refractivity contribution in [2.24, 2.45) is 0 Å². The molecule has 0 spiro atoms. The van der Waals surface area contributed by atoms with Gasteiger partial charge in [0.1, 0.15) is 0 Å². The molecule has 2 aromatic rings. The molecule has 0 saturated carbocycles. The molecule has 16 heavy (non-hydrogen) atoms. The van der Waals surface area contributed by atoms with Crippen molar-refractivity contribution in [2.45, 2.75) is 18.7 Å². The van der Waals surface area contributed by atoms with Gasteiger partial charge >= 0.3 is 0 Å². The number of aromatic nitrogens is 1. The van der Waals surface area contributed by atoms with Gasteiger partial charge in [-0.25, -0.2) is 0 Å². The summed E-state index contributed by atoms with van der Waals surface area (Å²) in [7, 11) is 0. The van der Waals surface area contributed by atoms with Crippen molar-refractivity contribution >= 4 is 17.7 Å². The topological polar surface area (TPSA) is 22.0 Å². The van der Waals surface area contributed by atoms with E-state index in [0.29, 0.717) is 0 Å². The van der Waals surface area contributed by atoms with E-state index in [4.69, 9.17) is 0 Å². The highest BCUT2D eigenvalue weighted by Crippen LogP contribution is 2.21. The molecule has 0 saturated heterocycles. The molecule has 1 heterocycles. The predicted molar refractivity (Wildman–Crippen MR) is 66.9 cm³/mol. The highest BCUT2D eigenvalue weighted by Gasteiger charge is 2.02. The number of rotatable bonds is 3. The van der Waals surface area contributed by atoms with E-state index in [1.807, 2.05) is 22.4 Å². The van der Waals surface area contributed by atoms with E-state index >= 15 is 0 Å². The van der Waals surface area contributed by atoms with Gasteiger partial charge in [0.15, 0.2) is 5.78 Å². The number of Topliss-reactive ketones (excluding diaryl/α,β-unsaturated/α-hetero) is 1. The van der Waals surface area contributed by atoms with Crippen molar-refractivity contribution in [1.82, 2.24) is 3.97 Å². The van der Waals surface area contributed by atoms with Crippen LogP contribution in [0.3, 0.4) is 0 Å². The summed E-state index contributed by atoms with van der Waals surface area (Å²) >= 11 is 1.60. The van der Waals surface area contributed by atoms with Gasteiger partial charge in [-0.3, -0.25) is 8.77 Å². The Morgan fingerprint density at radius 2 is 1.88 bits per heavy atom. The van der Waals surface area contributed by atoms with Crippen LogP contribution in [-0.4, -0.2) is 9.76 Å². The summed E-state index contributed by atoms with van der Waals surface area (Å²) in [6.07, 6.45) is 3.76. The van der Waals surface area contributed by atoms with Crippen molar-refractivity contribution < 1.29 is 4.79 Å². The predicted octanol–water partition coefficient (Wildman–Crippen LogP) is 3.55. The van der Waals surface area contributed by atoms with E-state index < -0.39 is 0 Å². The Morgan fingerprint density at radius 3 is 2.44 bits per heavy atom. The maximum Gasteiger partial charge on any atom is 0.161 e. The summed E-state index contributed by atoms with van der Waals surface area (Å²) in [5.74, 6) is 0.100. The molecule has 0 unspecified atom stereocenters. The van der Waals surface area contributed by atoms with Gasteiger partial charge in [-0.15, -0.1) is 0 Å². The quantitative estimate of drug-likeness (QED) is 0.753. The summed E-state index contributed by atoms with van der Waals surface area (Å²) in [6, 6.07) is 10.2. The number of nitrogens with zero attached hydrogens (tertiary/aromatic N) is 1. The number of hydrogen-bond donors (Lipinski definition) is 0. The standard InChI is InChI=1S/C13H13NOS/c1-10-3-5-13(6-4-10)16-14-8-7-12(9-14)11(2)15/h3-9H,1-2H3. The van der Waals surface area contributed by atoms with Crippen molar-refractivity contribution in [3.8, 4) is 0 Å². The number of hydrogen-bond acceptors (Lipinski definition) is 2. The van der Waals surface area contributed by atoms with Crippen LogP contribution in [-0.2, 0) is 0 Å². The molecule has 1 aromatic carbocycles. The Labute approximate surface area is 99.4 Å². The van der Waals surface area contributed by atoms with E-state index in [1.54, 1.807) is 18.9 Å². The normalized spacial score (nSPS) is 10.4. The third-order valence-corrected chi connectivity index (χ3v) is 3.23. The molecule has 1 aromatic heterocycles. The molecule has 0 aliphatic rings. The lowest BCUT2D eigenvalue weighted by molar-refractivity contribution is 0.101. The first-order valence-corrected chi connectivity index (χ1v) is 5.86. The van der Waals surface area contributed by atoms with Gasteiger partial charge < -0.3 is 0 Å². The largest absolute Gasteiger partial charge is 0.294 e. The van der Waals surface area contributed by atoms with Crippen LogP contribution in [0, 0.1) is 6.92 Å². The summed E-state index contributed by atoms with van der Waals surface area (Å²) < 4.78 is 1.95. The Bertz CT molecular complexity index is 499.